The number of nitrogens with zero attached hydrogens (tertiary/aromatic N) is 2. The SMILES string of the molecule is C=C/C=C\C(=C/N)c1cc(C(F)(F)F)nn1-c1ccc(C(=O)Nc2ccc(OC(F)(F)F)cc2)cc1. The van der Waals surface area contributed by atoms with Crippen molar-refractivity contribution in [2.24, 2.45) is 5.73 Å². The van der Waals surface area contributed by atoms with Crippen LogP contribution in [0.1, 0.15) is 21.7 Å². The lowest BCUT2D eigenvalue weighted by molar-refractivity contribution is -0.274. The number of nitrogens with two attached hydrogens (primary N) is 1. The normalized spacial score (nSPS) is 12.6. The van der Waals surface area contributed by atoms with Crippen molar-refractivity contribution in [1.82, 2.24) is 9.78 Å². The van der Waals surface area contributed by atoms with Crippen LogP contribution in [0.2, 0.25) is 0 Å². The van der Waals surface area contributed by atoms with Gasteiger partial charge in [-0.3, -0.25) is 4.79 Å². The third-order valence-corrected chi connectivity index (χ3v) is 4.61. The van der Waals surface area contributed by atoms with Crippen molar-refractivity contribution in [2.45, 2.75) is 12.5 Å². The van der Waals surface area contributed by atoms with E-state index in [1.807, 2.05) is 0 Å². The molecule has 0 saturated carbocycles. The molecular formula is C24H18F6N4O2. The smallest absolute Gasteiger partial charge is 0.406 e. The van der Waals surface area contributed by atoms with Crippen LogP contribution in [-0.4, -0.2) is 22.1 Å². The maximum absolute atomic E-state index is 13.3. The summed E-state index contributed by atoms with van der Waals surface area (Å²) in [6, 6.07) is 10.8. The van der Waals surface area contributed by atoms with E-state index in [1.54, 1.807) is 0 Å². The van der Waals surface area contributed by atoms with Crippen LogP contribution in [0.3, 0.4) is 0 Å². The number of hydrogen-bond donors (Lipinski definition) is 2. The molecule has 36 heavy (non-hydrogen) atoms. The Bertz CT molecular complexity index is 1290. The number of carbonyl (C=O) groups is 1. The van der Waals surface area contributed by atoms with E-state index in [9.17, 15) is 31.1 Å². The Hall–Kier alpha value is -4.48. The van der Waals surface area contributed by atoms with Gasteiger partial charge >= 0.3 is 12.5 Å². The molecule has 1 aromatic heterocycles. The predicted molar refractivity (Wildman–Crippen MR) is 121 cm³/mol. The second-order valence-corrected chi connectivity index (χ2v) is 7.11. The lowest BCUT2D eigenvalue weighted by atomic mass is 10.1. The maximum Gasteiger partial charge on any atom is 0.573 e. The van der Waals surface area contributed by atoms with Crippen LogP contribution in [0.25, 0.3) is 11.3 Å². The highest BCUT2D eigenvalue weighted by Crippen LogP contribution is 2.32. The number of carbonyl (C=O) groups excluding carboxylic acids is 1. The van der Waals surface area contributed by atoms with Crippen LogP contribution in [0.15, 0.2) is 85.6 Å². The summed E-state index contributed by atoms with van der Waals surface area (Å²) in [6.07, 6.45) is -4.03. The molecular weight excluding hydrogens is 490 g/mol. The number of rotatable bonds is 7. The van der Waals surface area contributed by atoms with Crippen molar-refractivity contribution in [3.63, 3.8) is 0 Å². The van der Waals surface area contributed by atoms with E-state index in [0.717, 1.165) is 29.1 Å². The van der Waals surface area contributed by atoms with Crippen molar-refractivity contribution < 1.29 is 35.9 Å². The van der Waals surface area contributed by atoms with E-state index in [2.05, 4.69) is 21.7 Å². The average Bonchev–Trinajstić information content (AvgIpc) is 3.26. The Balaban J connectivity index is 1.84. The molecule has 0 aliphatic carbocycles. The van der Waals surface area contributed by atoms with Gasteiger partial charge in [-0.05, 0) is 54.6 Å². The van der Waals surface area contributed by atoms with Crippen LogP contribution in [0.5, 0.6) is 5.75 Å². The molecule has 1 amide bonds. The van der Waals surface area contributed by atoms with Crippen LogP contribution in [0, 0.1) is 0 Å². The maximum atomic E-state index is 13.3. The molecule has 1 heterocycles. The molecule has 0 bridgehead atoms. The minimum Gasteiger partial charge on any atom is -0.406 e. The van der Waals surface area contributed by atoms with Crippen molar-refractivity contribution >= 4 is 17.2 Å². The van der Waals surface area contributed by atoms with Gasteiger partial charge in [-0.1, -0.05) is 24.8 Å². The Kier molecular flexibility index (Phi) is 7.56. The van der Waals surface area contributed by atoms with Gasteiger partial charge in [0.15, 0.2) is 5.69 Å². The van der Waals surface area contributed by atoms with Gasteiger partial charge in [0.2, 0.25) is 0 Å². The first-order valence-corrected chi connectivity index (χ1v) is 10.1. The van der Waals surface area contributed by atoms with Gasteiger partial charge in [-0.15, -0.1) is 13.2 Å². The molecule has 0 fully saturated rings. The third-order valence-electron chi connectivity index (χ3n) is 4.61. The highest BCUT2D eigenvalue weighted by molar-refractivity contribution is 6.04. The van der Waals surface area contributed by atoms with Crippen molar-refractivity contribution in [3.05, 3.63) is 103 Å². The van der Waals surface area contributed by atoms with E-state index in [-0.39, 0.29) is 28.2 Å². The summed E-state index contributed by atoms with van der Waals surface area (Å²) in [5, 5.41) is 6.15. The Morgan fingerprint density at radius 3 is 2.19 bits per heavy atom. The van der Waals surface area contributed by atoms with Crippen molar-refractivity contribution in [1.29, 1.82) is 0 Å². The first kappa shape index (κ1) is 26.1. The number of nitrogens with one attached hydrogen (secondary N) is 1. The van der Waals surface area contributed by atoms with Crippen LogP contribution < -0.4 is 15.8 Å². The second-order valence-electron chi connectivity index (χ2n) is 7.11. The first-order valence-electron chi connectivity index (χ1n) is 10.1. The number of benzene rings is 2. The first-order chi connectivity index (χ1) is 16.9. The second kappa shape index (κ2) is 10.4. The number of allylic oxidation sites excluding steroid dienone is 4. The van der Waals surface area contributed by atoms with Gasteiger partial charge in [0.1, 0.15) is 5.75 Å². The number of aromatic nitrogens is 2. The van der Waals surface area contributed by atoms with E-state index in [1.165, 1.54) is 54.6 Å². The molecule has 0 radical (unpaired) electrons. The minimum absolute atomic E-state index is 0.0568. The summed E-state index contributed by atoms with van der Waals surface area (Å²) in [5.41, 5.74) is 5.33. The summed E-state index contributed by atoms with van der Waals surface area (Å²) in [4.78, 5) is 12.5. The topological polar surface area (TPSA) is 82.2 Å². The zero-order valence-electron chi connectivity index (χ0n) is 18.3. The Morgan fingerprint density at radius 1 is 1.03 bits per heavy atom. The fourth-order valence-electron chi connectivity index (χ4n) is 3.02. The zero-order valence-corrected chi connectivity index (χ0v) is 18.3. The molecule has 3 rings (SSSR count). The Labute approximate surface area is 201 Å². The monoisotopic (exact) mass is 508 g/mol. The van der Waals surface area contributed by atoms with Crippen molar-refractivity contribution in [2.75, 3.05) is 5.32 Å². The molecule has 0 spiro atoms. The summed E-state index contributed by atoms with van der Waals surface area (Å²) < 4.78 is 81.6. The molecule has 0 atom stereocenters. The van der Waals surface area contributed by atoms with Crippen molar-refractivity contribution in [3.8, 4) is 11.4 Å². The highest BCUT2D eigenvalue weighted by Gasteiger charge is 2.35. The molecule has 0 saturated heterocycles. The van der Waals surface area contributed by atoms with Gasteiger partial charge < -0.3 is 15.8 Å². The lowest BCUT2D eigenvalue weighted by Crippen LogP contribution is -2.17. The Morgan fingerprint density at radius 2 is 1.67 bits per heavy atom. The van der Waals surface area contributed by atoms with Crippen LogP contribution in [-0.2, 0) is 6.18 Å². The molecule has 12 heteroatoms. The van der Waals surface area contributed by atoms with Crippen LogP contribution in [0.4, 0.5) is 32.0 Å². The molecule has 3 N–H and O–H groups in total. The van der Waals surface area contributed by atoms with Crippen LogP contribution >= 0.6 is 0 Å². The van der Waals surface area contributed by atoms with E-state index in [4.69, 9.17) is 5.73 Å². The fraction of sp³-hybridized carbons (Fsp3) is 0.0833. The number of halogens is 6. The fourth-order valence-corrected chi connectivity index (χ4v) is 3.02. The molecule has 3 aromatic rings. The number of amides is 1. The molecule has 0 unspecified atom stereocenters. The number of anilines is 1. The van der Waals surface area contributed by atoms with Gasteiger partial charge in [0.25, 0.3) is 5.91 Å². The minimum atomic E-state index is -4.84. The lowest BCUT2D eigenvalue weighted by Gasteiger charge is -2.11. The highest BCUT2D eigenvalue weighted by atomic mass is 19.4. The summed E-state index contributed by atoms with van der Waals surface area (Å²) >= 11 is 0. The molecule has 6 nitrogen and oxygen atoms in total. The molecule has 0 aliphatic heterocycles. The summed E-state index contributed by atoms with van der Waals surface area (Å²) in [6.45, 7) is 3.51. The largest absolute Gasteiger partial charge is 0.573 e. The third kappa shape index (κ3) is 6.56. The zero-order chi connectivity index (χ0) is 26.5. The molecule has 0 aliphatic rings. The van der Waals surface area contributed by atoms with E-state index >= 15 is 0 Å². The molecule has 188 valence electrons. The van der Waals surface area contributed by atoms with Gasteiger partial charge in [-0.2, -0.15) is 18.3 Å². The number of ether oxygens (including phenoxy) is 1. The van der Waals surface area contributed by atoms with Gasteiger partial charge in [0, 0.05) is 23.0 Å². The predicted octanol–water partition coefficient (Wildman–Crippen LogP) is 6.08. The van der Waals surface area contributed by atoms with Gasteiger partial charge in [0.05, 0.1) is 11.4 Å². The number of hydrogen-bond acceptors (Lipinski definition) is 4. The van der Waals surface area contributed by atoms with Gasteiger partial charge in [-0.25, -0.2) is 4.68 Å². The standard InChI is InChI=1S/C24H18F6N4O2/c1-2-3-4-16(14-31)20-13-21(23(25,26)27)33-34(20)18-9-5-15(6-10-18)22(35)32-17-7-11-19(12-8-17)36-24(28,29)30/h2-14H,1,31H2,(H,32,35)/b4-3-,16-14+. The quantitative estimate of drug-likeness (QED) is 0.299. The number of alkyl halides is 6. The molecule has 2 aromatic carbocycles. The summed E-state index contributed by atoms with van der Waals surface area (Å²) in [7, 11) is 0. The average molecular weight is 508 g/mol. The van der Waals surface area contributed by atoms with E-state index < -0.39 is 29.9 Å². The van der Waals surface area contributed by atoms with E-state index in [0.29, 0.717) is 0 Å². The summed E-state index contributed by atoms with van der Waals surface area (Å²) in [5.74, 6) is -1.05.